The minimum absolute atomic E-state index is 0.0675. The molecule has 0 N–H and O–H groups in total. The fourth-order valence-corrected chi connectivity index (χ4v) is 5.49. The van der Waals surface area contributed by atoms with Crippen LogP contribution < -0.4 is 4.90 Å². The quantitative estimate of drug-likeness (QED) is 0.348. The lowest BCUT2D eigenvalue weighted by molar-refractivity contribution is 0.341. The fraction of sp³-hybridized carbons (Fsp3) is 0.586. The molecule has 0 spiro atoms. The highest BCUT2D eigenvalue weighted by molar-refractivity contribution is 5.31. The highest BCUT2D eigenvalue weighted by atomic mass is 19.1. The number of piperidine rings is 1. The van der Waals surface area contributed by atoms with Gasteiger partial charge in [0, 0.05) is 25.5 Å². The van der Waals surface area contributed by atoms with Crippen LogP contribution in [-0.4, -0.2) is 23.1 Å². The van der Waals surface area contributed by atoms with Crippen LogP contribution in [0.4, 0.5) is 10.3 Å². The van der Waals surface area contributed by atoms with Crippen LogP contribution in [0, 0.1) is 23.6 Å². The van der Waals surface area contributed by atoms with Gasteiger partial charge < -0.3 is 4.90 Å². The van der Waals surface area contributed by atoms with Crippen LogP contribution in [0.5, 0.6) is 0 Å². The van der Waals surface area contributed by atoms with E-state index < -0.39 is 0 Å². The van der Waals surface area contributed by atoms with E-state index in [1.165, 1.54) is 37.7 Å². The first-order valence-electron chi connectivity index (χ1n) is 13.1. The third-order valence-corrected chi connectivity index (χ3v) is 7.73. The van der Waals surface area contributed by atoms with Crippen molar-refractivity contribution in [3.05, 3.63) is 65.3 Å². The van der Waals surface area contributed by atoms with E-state index in [2.05, 4.69) is 41.4 Å². The van der Waals surface area contributed by atoms with E-state index in [0.717, 1.165) is 79.2 Å². The number of allylic oxidation sites excluding steroid dienone is 1. The largest absolute Gasteiger partial charge is 0.341 e. The van der Waals surface area contributed by atoms with Gasteiger partial charge in [-0.05, 0) is 98.3 Å². The lowest BCUT2D eigenvalue weighted by atomic mass is 9.90. The van der Waals surface area contributed by atoms with Gasteiger partial charge in [-0.25, -0.2) is 14.4 Å². The van der Waals surface area contributed by atoms with Gasteiger partial charge in [-0.3, -0.25) is 0 Å². The maximum Gasteiger partial charge on any atom is 0.225 e. The number of hydrogen-bond donors (Lipinski definition) is 0. The first kappa shape index (κ1) is 23.9. The second kappa shape index (κ2) is 11.3. The van der Waals surface area contributed by atoms with Crippen LogP contribution in [0.2, 0.25) is 0 Å². The van der Waals surface area contributed by atoms with Gasteiger partial charge in [0.05, 0.1) is 0 Å². The van der Waals surface area contributed by atoms with Crippen molar-refractivity contribution in [1.82, 2.24) is 9.97 Å². The predicted molar refractivity (Wildman–Crippen MR) is 135 cm³/mol. The first-order valence-corrected chi connectivity index (χ1v) is 13.1. The van der Waals surface area contributed by atoms with Gasteiger partial charge in [0.2, 0.25) is 5.95 Å². The number of rotatable bonds is 11. The second-order valence-corrected chi connectivity index (χ2v) is 10.2. The Morgan fingerprint density at radius 1 is 1.09 bits per heavy atom. The summed E-state index contributed by atoms with van der Waals surface area (Å²) >= 11 is 0. The standard InChI is InChI=1S/C29H40FN3/c1-4-7-23-19-31-29(32-20-23)33-14-12-24(13-15-33)27-18-25(27)9-6-8-22-10-11-26(28(30)17-22)16-21(3)5-2/h10-11,17,19-20,24-25,27H,3-9,12-16,18H2,1-2H3. The number of benzene rings is 1. The number of nitrogens with zero attached hydrogens (tertiary/aromatic N) is 3. The van der Waals surface area contributed by atoms with E-state index in [9.17, 15) is 4.39 Å². The van der Waals surface area contributed by atoms with Crippen molar-refractivity contribution in [2.75, 3.05) is 18.0 Å². The molecule has 2 fully saturated rings. The summed E-state index contributed by atoms with van der Waals surface area (Å²) in [6.45, 7) is 10.4. The van der Waals surface area contributed by atoms with E-state index in [4.69, 9.17) is 0 Å². The zero-order chi connectivity index (χ0) is 23.2. The highest BCUT2D eigenvalue weighted by Gasteiger charge is 2.42. The smallest absolute Gasteiger partial charge is 0.225 e. The molecular weight excluding hydrogens is 409 g/mol. The molecule has 3 nitrogen and oxygen atoms in total. The van der Waals surface area contributed by atoms with E-state index >= 15 is 0 Å². The van der Waals surface area contributed by atoms with Crippen LogP contribution >= 0.6 is 0 Å². The average molecular weight is 450 g/mol. The minimum Gasteiger partial charge on any atom is -0.341 e. The fourth-order valence-electron chi connectivity index (χ4n) is 5.49. The number of aryl methyl sites for hydroxylation is 2. The van der Waals surface area contributed by atoms with Crippen molar-refractivity contribution >= 4 is 5.95 Å². The third-order valence-electron chi connectivity index (χ3n) is 7.73. The summed E-state index contributed by atoms with van der Waals surface area (Å²) in [4.78, 5) is 11.6. The third kappa shape index (κ3) is 6.43. The summed E-state index contributed by atoms with van der Waals surface area (Å²) in [5.74, 6) is 3.47. The van der Waals surface area contributed by atoms with E-state index in [0.29, 0.717) is 6.42 Å². The summed E-state index contributed by atoms with van der Waals surface area (Å²) in [5.41, 5.74) is 4.23. The molecule has 4 rings (SSSR count). The van der Waals surface area contributed by atoms with Gasteiger partial charge in [-0.1, -0.05) is 44.6 Å². The molecule has 2 heterocycles. The Balaban J connectivity index is 1.16. The number of aromatic nitrogens is 2. The number of halogens is 1. The summed E-state index contributed by atoms with van der Waals surface area (Å²) in [6, 6.07) is 5.81. The molecule has 0 bridgehead atoms. The Bertz CT molecular complexity index is 915. The maximum absolute atomic E-state index is 14.4. The summed E-state index contributed by atoms with van der Waals surface area (Å²) < 4.78 is 14.4. The summed E-state index contributed by atoms with van der Waals surface area (Å²) in [6.07, 6.45) is 15.1. The van der Waals surface area contributed by atoms with Crippen LogP contribution in [-0.2, 0) is 19.3 Å². The Kier molecular flexibility index (Phi) is 8.16. The molecule has 1 aromatic heterocycles. The molecular formula is C29H40FN3. The lowest BCUT2D eigenvalue weighted by Crippen LogP contribution is -2.35. The molecule has 2 aliphatic rings. The molecule has 178 valence electrons. The molecule has 1 aliphatic heterocycles. The van der Waals surface area contributed by atoms with Crippen LogP contribution in [0.25, 0.3) is 0 Å². The SMILES string of the molecule is C=C(CC)Cc1ccc(CCCC2CC2C2CCN(c3ncc(CCC)cn3)CC2)cc1F. The molecule has 2 aromatic rings. The van der Waals surface area contributed by atoms with Crippen LogP contribution in [0.3, 0.4) is 0 Å². The molecule has 1 aromatic carbocycles. The Hall–Kier alpha value is -2.23. The lowest BCUT2D eigenvalue weighted by Gasteiger charge is -2.32. The Morgan fingerprint density at radius 2 is 1.85 bits per heavy atom. The van der Waals surface area contributed by atoms with Gasteiger partial charge >= 0.3 is 0 Å². The predicted octanol–water partition coefficient (Wildman–Crippen LogP) is 6.95. The monoisotopic (exact) mass is 449 g/mol. The number of hydrogen-bond acceptors (Lipinski definition) is 3. The van der Waals surface area contributed by atoms with Gasteiger partial charge in [-0.15, -0.1) is 0 Å². The maximum atomic E-state index is 14.4. The average Bonchev–Trinajstić information content (AvgIpc) is 3.61. The zero-order valence-corrected chi connectivity index (χ0v) is 20.5. The van der Waals surface area contributed by atoms with Crippen LogP contribution in [0.15, 0.2) is 42.7 Å². The first-order chi connectivity index (χ1) is 16.1. The minimum atomic E-state index is -0.0675. The number of anilines is 1. The normalized spacial score (nSPS) is 20.8. The van der Waals surface area contributed by atoms with Gasteiger partial charge in [0.15, 0.2) is 0 Å². The highest BCUT2D eigenvalue weighted by Crippen LogP contribution is 2.50. The van der Waals surface area contributed by atoms with Gasteiger partial charge in [0.25, 0.3) is 0 Å². The van der Waals surface area contributed by atoms with Crippen molar-refractivity contribution in [1.29, 1.82) is 0 Å². The van der Waals surface area contributed by atoms with Crippen molar-refractivity contribution in [2.24, 2.45) is 17.8 Å². The van der Waals surface area contributed by atoms with Crippen molar-refractivity contribution in [3.8, 4) is 0 Å². The molecule has 33 heavy (non-hydrogen) atoms. The second-order valence-electron chi connectivity index (χ2n) is 10.2. The molecule has 2 atom stereocenters. The van der Waals surface area contributed by atoms with Gasteiger partial charge in [-0.2, -0.15) is 0 Å². The molecule has 1 aliphatic carbocycles. The topological polar surface area (TPSA) is 29.0 Å². The molecule has 1 saturated carbocycles. The molecule has 0 amide bonds. The van der Waals surface area contributed by atoms with E-state index in [-0.39, 0.29) is 5.82 Å². The summed E-state index contributed by atoms with van der Waals surface area (Å²) in [7, 11) is 0. The molecule has 0 radical (unpaired) electrons. The molecule has 4 heteroatoms. The molecule has 2 unspecified atom stereocenters. The van der Waals surface area contributed by atoms with Crippen LogP contribution in [0.1, 0.15) is 75.5 Å². The van der Waals surface area contributed by atoms with E-state index in [1.807, 2.05) is 18.5 Å². The van der Waals surface area contributed by atoms with Crippen molar-refractivity contribution in [2.45, 2.75) is 78.1 Å². The molecule has 1 saturated heterocycles. The van der Waals surface area contributed by atoms with Crippen molar-refractivity contribution in [3.63, 3.8) is 0 Å². The van der Waals surface area contributed by atoms with Crippen molar-refractivity contribution < 1.29 is 4.39 Å². The Morgan fingerprint density at radius 3 is 2.52 bits per heavy atom. The van der Waals surface area contributed by atoms with E-state index in [1.54, 1.807) is 6.07 Å². The Labute approximate surface area is 199 Å². The zero-order valence-electron chi connectivity index (χ0n) is 20.5. The summed E-state index contributed by atoms with van der Waals surface area (Å²) in [5, 5.41) is 0. The van der Waals surface area contributed by atoms with Gasteiger partial charge in [0.1, 0.15) is 5.82 Å².